The maximum atomic E-state index is 12.0. The standard InChI is InChI=1S/C11H19N3O3S/c1-8-6-9(13-17-8)7-18(15,16)14-11-5-3-2-4-10(11)12/h6,10-11,14H,2-5,7,12H2,1H3/t10-,11-/m1/s1. The van der Waals surface area contributed by atoms with E-state index in [0.29, 0.717) is 11.5 Å². The number of nitrogens with two attached hydrogens (primary N) is 1. The molecule has 2 atom stereocenters. The monoisotopic (exact) mass is 273 g/mol. The fourth-order valence-corrected chi connectivity index (χ4v) is 3.62. The lowest BCUT2D eigenvalue weighted by molar-refractivity contribution is 0.360. The molecule has 0 aliphatic heterocycles. The third kappa shape index (κ3) is 3.54. The zero-order chi connectivity index (χ0) is 13.2. The molecule has 102 valence electrons. The Morgan fingerprint density at radius 1 is 1.50 bits per heavy atom. The third-order valence-electron chi connectivity index (χ3n) is 3.17. The molecule has 1 fully saturated rings. The van der Waals surface area contributed by atoms with Crippen LogP contribution in [-0.4, -0.2) is 25.7 Å². The van der Waals surface area contributed by atoms with E-state index in [1.54, 1.807) is 13.0 Å². The number of aromatic nitrogens is 1. The summed E-state index contributed by atoms with van der Waals surface area (Å²) in [5.74, 6) is 0.447. The summed E-state index contributed by atoms with van der Waals surface area (Å²) >= 11 is 0. The van der Waals surface area contributed by atoms with Crippen LogP contribution in [-0.2, 0) is 15.8 Å². The van der Waals surface area contributed by atoms with Gasteiger partial charge in [-0.3, -0.25) is 0 Å². The first-order valence-electron chi connectivity index (χ1n) is 6.14. The zero-order valence-corrected chi connectivity index (χ0v) is 11.2. The Morgan fingerprint density at radius 3 is 2.83 bits per heavy atom. The molecular weight excluding hydrogens is 254 g/mol. The van der Waals surface area contributed by atoms with Crippen molar-refractivity contribution in [2.24, 2.45) is 5.73 Å². The van der Waals surface area contributed by atoms with Gasteiger partial charge in [-0.2, -0.15) is 0 Å². The predicted molar refractivity (Wildman–Crippen MR) is 67.2 cm³/mol. The molecule has 0 unspecified atom stereocenters. The summed E-state index contributed by atoms with van der Waals surface area (Å²) < 4.78 is 31.5. The number of hydrogen-bond acceptors (Lipinski definition) is 5. The molecule has 1 aliphatic carbocycles. The molecule has 0 radical (unpaired) electrons. The molecule has 1 heterocycles. The number of hydrogen-bond donors (Lipinski definition) is 2. The van der Waals surface area contributed by atoms with Gasteiger partial charge in [-0.15, -0.1) is 0 Å². The van der Waals surface area contributed by atoms with Crippen LogP contribution in [0.15, 0.2) is 10.6 Å². The van der Waals surface area contributed by atoms with Crippen molar-refractivity contribution in [3.8, 4) is 0 Å². The van der Waals surface area contributed by atoms with E-state index in [-0.39, 0.29) is 17.8 Å². The van der Waals surface area contributed by atoms with Crippen LogP contribution in [0.2, 0.25) is 0 Å². The van der Waals surface area contributed by atoms with Crippen LogP contribution < -0.4 is 10.5 Å². The number of nitrogens with one attached hydrogen (secondary N) is 1. The van der Waals surface area contributed by atoms with Crippen LogP contribution in [0.3, 0.4) is 0 Å². The minimum atomic E-state index is -3.41. The van der Waals surface area contributed by atoms with Crippen molar-refractivity contribution in [2.75, 3.05) is 0 Å². The molecule has 1 aromatic rings. The summed E-state index contributed by atoms with van der Waals surface area (Å²) in [5, 5.41) is 3.69. The summed E-state index contributed by atoms with van der Waals surface area (Å²) in [6.45, 7) is 1.73. The topological polar surface area (TPSA) is 98.2 Å². The van der Waals surface area contributed by atoms with Crippen molar-refractivity contribution < 1.29 is 12.9 Å². The lowest BCUT2D eigenvalue weighted by Gasteiger charge is -2.28. The minimum Gasteiger partial charge on any atom is -0.361 e. The Bertz CT molecular complexity index is 497. The number of rotatable bonds is 4. The van der Waals surface area contributed by atoms with Crippen LogP contribution in [0.4, 0.5) is 0 Å². The second kappa shape index (κ2) is 5.38. The van der Waals surface area contributed by atoms with Crippen molar-refractivity contribution >= 4 is 10.0 Å². The average molecular weight is 273 g/mol. The fraction of sp³-hybridized carbons (Fsp3) is 0.727. The predicted octanol–water partition coefficient (Wildman–Crippen LogP) is 0.672. The van der Waals surface area contributed by atoms with Crippen LogP contribution in [0.25, 0.3) is 0 Å². The number of sulfonamides is 1. The summed E-state index contributed by atoms with van der Waals surface area (Å²) in [6.07, 6.45) is 3.76. The van der Waals surface area contributed by atoms with E-state index in [1.807, 2.05) is 0 Å². The van der Waals surface area contributed by atoms with E-state index in [1.165, 1.54) is 0 Å². The maximum Gasteiger partial charge on any atom is 0.217 e. The Balaban J connectivity index is 1.98. The van der Waals surface area contributed by atoms with Crippen molar-refractivity contribution in [3.05, 3.63) is 17.5 Å². The van der Waals surface area contributed by atoms with Crippen LogP contribution >= 0.6 is 0 Å². The van der Waals surface area contributed by atoms with Gasteiger partial charge in [0.15, 0.2) is 0 Å². The maximum absolute atomic E-state index is 12.0. The Labute approximate surface area is 107 Å². The molecule has 3 N–H and O–H groups in total. The molecule has 1 saturated carbocycles. The normalized spacial score (nSPS) is 25.2. The minimum absolute atomic E-state index is 0.0902. The zero-order valence-electron chi connectivity index (χ0n) is 10.4. The van der Waals surface area contributed by atoms with Gasteiger partial charge >= 0.3 is 0 Å². The smallest absolute Gasteiger partial charge is 0.217 e. The quantitative estimate of drug-likeness (QED) is 0.840. The fourth-order valence-electron chi connectivity index (χ4n) is 2.26. The van der Waals surface area contributed by atoms with Crippen molar-refractivity contribution in [3.63, 3.8) is 0 Å². The van der Waals surface area contributed by atoms with E-state index in [4.69, 9.17) is 10.3 Å². The molecule has 2 rings (SSSR count). The van der Waals surface area contributed by atoms with Crippen LogP contribution in [0, 0.1) is 6.92 Å². The molecule has 0 bridgehead atoms. The lowest BCUT2D eigenvalue weighted by Crippen LogP contribution is -2.49. The van der Waals surface area contributed by atoms with E-state index >= 15 is 0 Å². The van der Waals surface area contributed by atoms with E-state index in [0.717, 1.165) is 25.7 Å². The number of aryl methyl sites for hydroxylation is 1. The van der Waals surface area contributed by atoms with Gasteiger partial charge in [0.05, 0.1) is 0 Å². The molecule has 0 amide bonds. The van der Waals surface area contributed by atoms with Gasteiger partial charge in [0, 0.05) is 18.2 Å². The highest BCUT2D eigenvalue weighted by Gasteiger charge is 2.26. The largest absolute Gasteiger partial charge is 0.361 e. The van der Waals surface area contributed by atoms with Gasteiger partial charge in [0.1, 0.15) is 17.2 Å². The molecule has 6 nitrogen and oxygen atoms in total. The van der Waals surface area contributed by atoms with Crippen molar-refractivity contribution in [2.45, 2.75) is 50.4 Å². The molecule has 7 heteroatoms. The lowest BCUT2D eigenvalue weighted by atomic mass is 9.92. The highest BCUT2D eigenvalue weighted by molar-refractivity contribution is 7.88. The van der Waals surface area contributed by atoms with Crippen molar-refractivity contribution in [1.29, 1.82) is 0 Å². The molecule has 18 heavy (non-hydrogen) atoms. The Hall–Kier alpha value is -0.920. The van der Waals surface area contributed by atoms with Gasteiger partial charge in [-0.05, 0) is 19.8 Å². The first-order valence-corrected chi connectivity index (χ1v) is 7.79. The van der Waals surface area contributed by atoms with Crippen LogP contribution in [0.1, 0.15) is 37.1 Å². The van der Waals surface area contributed by atoms with Gasteiger partial charge in [0.2, 0.25) is 10.0 Å². The average Bonchev–Trinajstić information content (AvgIpc) is 2.66. The highest BCUT2D eigenvalue weighted by atomic mass is 32.2. The van der Waals surface area contributed by atoms with Gasteiger partial charge < -0.3 is 10.3 Å². The van der Waals surface area contributed by atoms with Crippen molar-refractivity contribution in [1.82, 2.24) is 9.88 Å². The molecule has 1 aliphatic rings. The molecular formula is C11H19N3O3S. The third-order valence-corrected chi connectivity index (χ3v) is 4.50. The second-order valence-corrected chi connectivity index (χ2v) is 6.61. The van der Waals surface area contributed by atoms with E-state index in [2.05, 4.69) is 9.88 Å². The summed E-state index contributed by atoms with van der Waals surface area (Å²) in [5.41, 5.74) is 6.34. The molecule has 0 spiro atoms. The van der Waals surface area contributed by atoms with E-state index in [9.17, 15) is 8.42 Å². The summed E-state index contributed by atoms with van der Waals surface area (Å²) in [6, 6.07) is 1.38. The molecule has 1 aromatic heterocycles. The van der Waals surface area contributed by atoms with Gasteiger partial charge in [-0.25, -0.2) is 13.1 Å². The summed E-state index contributed by atoms with van der Waals surface area (Å²) in [7, 11) is -3.41. The highest BCUT2D eigenvalue weighted by Crippen LogP contribution is 2.18. The van der Waals surface area contributed by atoms with Gasteiger partial charge in [0.25, 0.3) is 0 Å². The summed E-state index contributed by atoms with van der Waals surface area (Å²) in [4.78, 5) is 0. The first-order chi connectivity index (χ1) is 8.46. The van der Waals surface area contributed by atoms with Gasteiger partial charge in [-0.1, -0.05) is 18.0 Å². The SMILES string of the molecule is Cc1cc(CS(=O)(=O)N[C@@H]2CCCC[C@H]2N)no1. The Kier molecular flexibility index (Phi) is 4.04. The van der Waals surface area contributed by atoms with Crippen LogP contribution in [0.5, 0.6) is 0 Å². The van der Waals surface area contributed by atoms with E-state index < -0.39 is 10.0 Å². The molecule has 0 saturated heterocycles. The molecule has 0 aromatic carbocycles. The number of nitrogens with zero attached hydrogens (tertiary/aromatic N) is 1. The second-order valence-electron chi connectivity index (χ2n) is 4.86. The Morgan fingerprint density at radius 2 is 2.22 bits per heavy atom. The first kappa shape index (κ1) is 13.5.